The molecule has 0 fully saturated rings. The summed E-state index contributed by atoms with van der Waals surface area (Å²) in [5.41, 5.74) is -0.358. The molecule has 0 aliphatic carbocycles. The van der Waals surface area contributed by atoms with Crippen molar-refractivity contribution in [3.8, 4) is 5.75 Å². The number of hydrogen-bond donors (Lipinski definition) is 1. The lowest BCUT2D eigenvalue weighted by molar-refractivity contribution is -0.385. The first-order chi connectivity index (χ1) is 13.2. The van der Waals surface area contributed by atoms with Gasteiger partial charge in [0, 0.05) is 18.6 Å². The van der Waals surface area contributed by atoms with Gasteiger partial charge in [-0.2, -0.15) is 5.10 Å². The molecule has 0 unspecified atom stereocenters. The van der Waals surface area contributed by atoms with Crippen molar-refractivity contribution in [2.45, 2.75) is 26.3 Å². The number of non-ortho nitro benzene ring substituents is 1. The smallest absolute Gasteiger partial charge is 0.309 e. The first-order valence-electron chi connectivity index (χ1n) is 7.84. The molecule has 0 saturated heterocycles. The molecule has 0 atom stereocenters. The number of nitro groups is 2. The summed E-state index contributed by atoms with van der Waals surface area (Å²) in [5, 5.41) is 28.0. The molecule has 1 heterocycles. The normalized spacial score (nSPS) is 10.7. The van der Waals surface area contributed by atoms with Gasteiger partial charge in [-0.05, 0) is 6.92 Å². The Kier molecular flexibility index (Phi) is 6.52. The summed E-state index contributed by atoms with van der Waals surface area (Å²) >= 11 is 0. The molecule has 0 saturated carbocycles. The molecular weight excluding hydrogens is 384 g/mol. The molecule has 13 heteroatoms. The van der Waals surface area contributed by atoms with Crippen LogP contribution in [0.2, 0.25) is 0 Å². The van der Waals surface area contributed by atoms with Gasteiger partial charge >= 0.3 is 5.69 Å². The van der Waals surface area contributed by atoms with Crippen molar-refractivity contribution >= 4 is 23.0 Å². The predicted molar refractivity (Wildman–Crippen MR) is 91.5 cm³/mol. The van der Waals surface area contributed by atoms with Crippen LogP contribution in [0.4, 0.5) is 25.8 Å². The maximum Gasteiger partial charge on any atom is 0.309 e. The fourth-order valence-electron chi connectivity index (χ4n) is 2.28. The van der Waals surface area contributed by atoms with Crippen molar-refractivity contribution in [3.63, 3.8) is 0 Å². The van der Waals surface area contributed by atoms with E-state index in [1.807, 2.05) is 0 Å². The molecular formula is C15H15F2N5O6. The van der Waals surface area contributed by atoms with Gasteiger partial charge in [-0.25, -0.2) is 8.78 Å². The number of nitrogens with one attached hydrogen (secondary N) is 1. The molecule has 2 aromatic rings. The van der Waals surface area contributed by atoms with Gasteiger partial charge in [0.1, 0.15) is 24.2 Å². The summed E-state index contributed by atoms with van der Waals surface area (Å²) in [4.78, 5) is 32.5. The average Bonchev–Trinajstić information content (AvgIpc) is 2.98. The SMILES string of the molecule is Cc1c([N+](=O)[O-])cnn1CCC(=O)Nc1cc(OCC(F)F)cc([N+](=O)[O-])c1. The van der Waals surface area contributed by atoms with Crippen LogP contribution in [0.5, 0.6) is 5.75 Å². The van der Waals surface area contributed by atoms with Crippen LogP contribution in [0.15, 0.2) is 24.4 Å². The van der Waals surface area contributed by atoms with Crippen molar-refractivity contribution in [3.05, 3.63) is 50.3 Å². The molecule has 150 valence electrons. The second-order valence-corrected chi connectivity index (χ2v) is 5.57. The molecule has 1 N–H and O–H groups in total. The van der Waals surface area contributed by atoms with Crippen molar-refractivity contribution in [1.82, 2.24) is 9.78 Å². The molecule has 1 amide bonds. The molecule has 0 aliphatic heterocycles. The van der Waals surface area contributed by atoms with E-state index < -0.39 is 34.5 Å². The van der Waals surface area contributed by atoms with Crippen LogP contribution in [0.3, 0.4) is 0 Å². The number of benzene rings is 1. The quantitative estimate of drug-likeness (QED) is 0.504. The summed E-state index contributed by atoms with van der Waals surface area (Å²) in [6.07, 6.45) is -1.82. The Labute approximate surface area is 156 Å². The van der Waals surface area contributed by atoms with E-state index >= 15 is 0 Å². The minimum absolute atomic E-state index is 0.00775. The van der Waals surface area contributed by atoms with Gasteiger partial charge in [0.2, 0.25) is 5.91 Å². The van der Waals surface area contributed by atoms with E-state index in [9.17, 15) is 33.8 Å². The van der Waals surface area contributed by atoms with Crippen LogP contribution >= 0.6 is 0 Å². The highest BCUT2D eigenvalue weighted by atomic mass is 19.3. The third-order valence-electron chi connectivity index (χ3n) is 3.59. The minimum atomic E-state index is -2.77. The number of aryl methyl sites for hydroxylation is 1. The number of rotatable bonds is 9. The fraction of sp³-hybridized carbons (Fsp3) is 0.333. The molecule has 0 bridgehead atoms. The maximum atomic E-state index is 12.3. The molecule has 1 aromatic heterocycles. The topological polar surface area (TPSA) is 142 Å². The maximum absolute atomic E-state index is 12.3. The highest BCUT2D eigenvalue weighted by molar-refractivity contribution is 5.91. The van der Waals surface area contributed by atoms with E-state index in [0.29, 0.717) is 0 Å². The Morgan fingerprint density at radius 3 is 2.57 bits per heavy atom. The molecule has 28 heavy (non-hydrogen) atoms. The Bertz CT molecular complexity index is 901. The van der Waals surface area contributed by atoms with Crippen molar-refractivity contribution in [1.29, 1.82) is 0 Å². The van der Waals surface area contributed by atoms with E-state index in [0.717, 1.165) is 18.3 Å². The highest BCUT2D eigenvalue weighted by Crippen LogP contribution is 2.26. The standard InChI is InChI=1S/C15H15F2N5O6/c1-9-13(22(26)27)7-18-20(9)3-2-15(23)19-10-4-11(21(24)25)6-12(5-10)28-8-14(16)17/h4-7,14H,2-3,8H2,1H3,(H,19,23). The second-order valence-electron chi connectivity index (χ2n) is 5.57. The van der Waals surface area contributed by atoms with Crippen molar-refractivity contribution < 1.29 is 28.2 Å². The number of aromatic nitrogens is 2. The summed E-state index contributed by atoms with van der Waals surface area (Å²) in [6.45, 7) is 0.567. The third-order valence-corrected chi connectivity index (χ3v) is 3.59. The van der Waals surface area contributed by atoms with Gasteiger partial charge in [0.25, 0.3) is 12.1 Å². The number of amides is 1. The zero-order valence-electron chi connectivity index (χ0n) is 14.5. The van der Waals surface area contributed by atoms with Crippen LogP contribution in [-0.4, -0.2) is 38.6 Å². The van der Waals surface area contributed by atoms with Gasteiger partial charge in [-0.15, -0.1) is 0 Å². The average molecular weight is 399 g/mol. The van der Waals surface area contributed by atoms with Gasteiger partial charge in [-0.1, -0.05) is 0 Å². The lowest BCUT2D eigenvalue weighted by Crippen LogP contribution is -2.16. The summed E-state index contributed by atoms with van der Waals surface area (Å²) in [5.74, 6) is -0.749. The zero-order chi connectivity index (χ0) is 20.8. The number of carbonyl (C=O) groups excluding carboxylic acids is 1. The van der Waals surface area contributed by atoms with Gasteiger partial charge in [0.15, 0.2) is 0 Å². The lowest BCUT2D eigenvalue weighted by Gasteiger charge is -2.10. The molecule has 11 nitrogen and oxygen atoms in total. The van der Waals surface area contributed by atoms with E-state index in [1.165, 1.54) is 17.7 Å². The van der Waals surface area contributed by atoms with Crippen molar-refractivity contribution in [2.24, 2.45) is 0 Å². The number of nitro benzene ring substituents is 1. The Hall–Kier alpha value is -3.64. The highest BCUT2D eigenvalue weighted by Gasteiger charge is 2.17. The Morgan fingerprint density at radius 2 is 2.00 bits per heavy atom. The van der Waals surface area contributed by atoms with Gasteiger partial charge in [0.05, 0.1) is 28.1 Å². The summed E-state index contributed by atoms with van der Waals surface area (Å²) in [7, 11) is 0. The zero-order valence-corrected chi connectivity index (χ0v) is 14.5. The third kappa shape index (κ3) is 5.43. The number of nitrogens with zero attached hydrogens (tertiary/aromatic N) is 4. The van der Waals surface area contributed by atoms with Crippen LogP contribution in [-0.2, 0) is 11.3 Å². The van der Waals surface area contributed by atoms with Gasteiger partial charge in [-0.3, -0.25) is 29.7 Å². The van der Waals surface area contributed by atoms with E-state index in [2.05, 4.69) is 10.4 Å². The lowest BCUT2D eigenvalue weighted by atomic mass is 10.2. The molecule has 2 rings (SSSR count). The monoisotopic (exact) mass is 399 g/mol. The van der Waals surface area contributed by atoms with E-state index in [-0.39, 0.29) is 35.8 Å². The molecule has 0 radical (unpaired) electrons. The first kappa shape index (κ1) is 20.7. The predicted octanol–water partition coefficient (Wildman–Crippen LogP) is 2.68. The second kappa shape index (κ2) is 8.83. The molecule has 0 aliphatic rings. The van der Waals surface area contributed by atoms with Gasteiger partial charge < -0.3 is 10.1 Å². The number of ether oxygens (including phenoxy) is 1. The van der Waals surface area contributed by atoms with E-state index in [4.69, 9.17) is 4.74 Å². The van der Waals surface area contributed by atoms with Crippen LogP contribution < -0.4 is 10.1 Å². The number of carbonyl (C=O) groups is 1. The summed E-state index contributed by atoms with van der Waals surface area (Å²) in [6, 6.07) is 3.19. The molecule has 0 spiro atoms. The van der Waals surface area contributed by atoms with Crippen LogP contribution in [0.25, 0.3) is 0 Å². The number of alkyl halides is 2. The van der Waals surface area contributed by atoms with Crippen LogP contribution in [0, 0.1) is 27.2 Å². The first-order valence-corrected chi connectivity index (χ1v) is 7.84. The fourth-order valence-corrected chi connectivity index (χ4v) is 2.28. The number of hydrogen-bond acceptors (Lipinski definition) is 7. The van der Waals surface area contributed by atoms with E-state index in [1.54, 1.807) is 0 Å². The summed E-state index contributed by atoms with van der Waals surface area (Å²) < 4.78 is 30.6. The van der Waals surface area contributed by atoms with Crippen LogP contribution in [0.1, 0.15) is 12.1 Å². The number of halogens is 2. The van der Waals surface area contributed by atoms with Crippen molar-refractivity contribution in [2.75, 3.05) is 11.9 Å². The number of anilines is 1. The largest absolute Gasteiger partial charge is 0.487 e. The minimum Gasteiger partial charge on any atom is -0.487 e. The Morgan fingerprint density at radius 1 is 1.29 bits per heavy atom. The Balaban J connectivity index is 2.06. The molecule has 1 aromatic carbocycles.